The topological polar surface area (TPSA) is 100 Å². The van der Waals surface area contributed by atoms with Gasteiger partial charge in [0, 0.05) is 4.88 Å². The number of carbonyl (C=O) groups excluding carboxylic acids is 3. The second kappa shape index (κ2) is 10.0. The minimum absolute atomic E-state index is 0.0385. The van der Waals surface area contributed by atoms with Gasteiger partial charge >= 0.3 is 11.9 Å². The van der Waals surface area contributed by atoms with Crippen molar-refractivity contribution in [3.63, 3.8) is 0 Å². The summed E-state index contributed by atoms with van der Waals surface area (Å²) in [7, 11) is 1.34. The first-order chi connectivity index (χ1) is 15.1. The fraction of sp³-hybridized carbons (Fsp3) is 0.435. The number of hydrogen-bond donors (Lipinski definition) is 1. The fourth-order valence-corrected chi connectivity index (χ4v) is 4.03. The van der Waals surface area contributed by atoms with Gasteiger partial charge in [-0.1, -0.05) is 6.07 Å². The quantitative estimate of drug-likeness (QED) is 0.597. The van der Waals surface area contributed by atoms with Crippen LogP contribution in [0.5, 0.6) is 11.5 Å². The van der Waals surface area contributed by atoms with Gasteiger partial charge in [0.05, 0.1) is 30.9 Å². The van der Waals surface area contributed by atoms with Crippen LogP contribution in [0.3, 0.4) is 0 Å². The van der Waals surface area contributed by atoms with Crippen LogP contribution in [0.4, 0.5) is 0 Å². The van der Waals surface area contributed by atoms with Crippen molar-refractivity contribution < 1.29 is 33.3 Å². The zero-order chi connectivity index (χ0) is 23.3. The van der Waals surface area contributed by atoms with Gasteiger partial charge in [-0.3, -0.25) is 14.4 Å². The molecule has 0 aliphatic carbocycles. The summed E-state index contributed by atoms with van der Waals surface area (Å²) in [5, 5.41) is 2.93. The molecular weight excluding hydrogens is 434 g/mol. The van der Waals surface area contributed by atoms with Crippen LogP contribution in [0, 0.1) is 0 Å². The van der Waals surface area contributed by atoms with E-state index < -0.39 is 17.6 Å². The Labute approximate surface area is 190 Å². The van der Waals surface area contributed by atoms with E-state index in [0.29, 0.717) is 28.4 Å². The number of thiophene rings is 1. The number of carbonyl (C=O) groups is 3. The Kier molecular flexibility index (Phi) is 7.40. The minimum atomic E-state index is -0.636. The summed E-state index contributed by atoms with van der Waals surface area (Å²) in [6, 6.07) is 8.20. The standard InChI is InChI=1S/C23H27NO7S/c1-23(2,3)31-21(26)12-16(14-5-8-17-18(11-14)30-13-29-17)24-22(27)19-9-6-15(32-19)7-10-20(25)28-4/h5-6,8-9,11,16H,7,10,12-13H2,1-4H3,(H,24,27)/t16-/m0/s1. The highest BCUT2D eigenvalue weighted by molar-refractivity contribution is 7.14. The number of fused-ring (bicyclic) bond motifs is 1. The molecule has 0 radical (unpaired) electrons. The predicted octanol–water partition coefficient (Wildman–Crippen LogP) is 3.79. The molecule has 1 aliphatic rings. The second-order valence-electron chi connectivity index (χ2n) is 8.27. The van der Waals surface area contributed by atoms with Crippen molar-refractivity contribution in [1.82, 2.24) is 5.32 Å². The molecule has 172 valence electrons. The molecule has 2 heterocycles. The number of benzene rings is 1. The SMILES string of the molecule is COC(=O)CCc1ccc(C(=O)N[C@@H](CC(=O)OC(C)(C)C)c2ccc3c(c2)OCO3)s1. The highest BCUT2D eigenvalue weighted by atomic mass is 32.1. The average molecular weight is 462 g/mol. The Bertz CT molecular complexity index is 992. The Hall–Kier alpha value is -3.07. The molecule has 1 amide bonds. The van der Waals surface area contributed by atoms with Crippen molar-refractivity contribution in [2.24, 2.45) is 0 Å². The van der Waals surface area contributed by atoms with Crippen LogP contribution in [0.15, 0.2) is 30.3 Å². The monoisotopic (exact) mass is 461 g/mol. The Morgan fingerprint density at radius 2 is 1.84 bits per heavy atom. The lowest BCUT2D eigenvalue weighted by Crippen LogP contribution is -2.32. The van der Waals surface area contributed by atoms with Crippen molar-refractivity contribution in [2.75, 3.05) is 13.9 Å². The fourth-order valence-electron chi connectivity index (χ4n) is 3.12. The molecule has 1 aliphatic heterocycles. The van der Waals surface area contributed by atoms with Gasteiger partial charge in [-0.2, -0.15) is 0 Å². The van der Waals surface area contributed by atoms with Gasteiger partial charge in [0.25, 0.3) is 5.91 Å². The molecule has 9 heteroatoms. The smallest absolute Gasteiger partial charge is 0.308 e. The van der Waals surface area contributed by atoms with Crippen molar-refractivity contribution >= 4 is 29.2 Å². The van der Waals surface area contributed by atoms with E-state index in [0.717, 1.165) is 4.88 Å². The molecule has 0 fully saturated rings. The highest BCUT2D eigenvalue weighted by Crippen LogP contribution is 2.35. The highest BCUT2D eigenvalue weighted by Gasteiger charge is 2.26. The maximum absolute atomic E-state index is 12.9. The first-order valence-corrected chi connectivity index (χ1v) is 11.0. The number of ether oxygens (including phenoxy) is 4. The molecular formula is C23H27NO7S. The van der Waals surface area contributed by atoms with Gasteiger partial charge in [0.1, 0.15) is 5.60 Å². The van der Waals surface area contributed by atoms with Gasteiger partial charge in [0.2, 0.25) is 6.79 Å². The lowest BCUT2D eigenvalue weighted by molar-refractivity contribution is -0.155. The van der Waals surface area contributed by atoms with Crippen molar-refractivity contribution in [3.8, 4) is 11.5 Å². The summed E-state index contributed by atoms with van der Waals surface area (Å²) in [6.07, 6.45) is 0.702. The van der Waals surface area contributed by atoms with Gasteiger partial charge < -0.3 is 24.3 Å². The van der Waals surface area contributed by atoms with E-state index in [1.54, 1.807) is 45.0 Å². The molecule has 8 nitrogen and oxygen atoms in total. The lowest BCUT2D eigenvalue weighted by atomic mass is 10.0. The van der Waals surface area contributed by atoms with E-state index in [2.05, 4.69) is 10.1 Å². The summed E-state index contributed by atoms with van der Waals surface area (Å²) in [5.41, 5.74) is 0.0685. The molecule has 0 saturated heterocycles. The van der Waals surface area contributed by atoms with E-state index in [1.165, 1.54) is 18.4 Å². The number of aryl methyl sites for hydroxylation is 1. The van der Waals surface area contributed by atoms with E-state index in [-0.39, 0.29) is 31.5 Å². The molecule has 0 spiro atoms. The number of hydrogen-bond acceptors (Lipinski definition) is 8. The maximum Gasteiger partial charge on any atom is 0.308 e. The Balaban J connectivity index is 1.74. The Morgan fingerprint density at radius 1 is 1.09 bits per heavy atom. The van der Waals surface area contributed by atoms with Crippen LogP contribution < -0.4 is 14.8 Å². The largest absolute Gasteiger partial charge is 0.469 e. The number of nitrogens with one attached hydrogen (secondary N) is 1. The molecule has 1 aromatic carbocycles. The average Bonchev–Trinajstić information content (AvgIpc) is 3.38. The van der Waals surface area contributed by atoms with E-state index >= 15 is 0 Å². The first-order valence-electron chi connectivity index (χ1n) is 10.2. The Morgan fingerprint density at radius 3 is 2.56 bits per heavy atom. The van der Waals surface area contributed by atoms with Crippen LogP contribution in [-0.2, 0) is 25.5 Å². The molecule has 2 aromatic rings. The van der Waals surface area contributed by atoms with Crippen LogP contribution in [0.25, 0.3) is 0 Å². The third-order valence-electron chi connectivity index (χ3n) is 4.58. The van der Waals surface area contributed by atoms with E-state index in [9.17, 15) is 14.4 Å². The molecule has 0 bridgehead atoms. The summed E-state index contributed by atoms with van der Waals surface area (Å²) >= 11 is 1.30. The molecule has 0 unspecified atom stereocenters. The summed E-state index contributed by atoms with van der Waals surface area (Å²) < 4.78 is 20.9. The van der Waals surface area contributed by atoms with Gasteiger partial charge in [-0.25, -0.2) is 0 Å². The van der Waals surface area contributed by atoms with Gasteiger partial charge in [0.15, 0.2) is 11.5 Å². The number of esters is 2. The lowest BCUT2D eigenvalue weighted by Gasteiger charge is -2.23. The van der Waals surface area contributed by atoms with Crippen LogP contribution in [-0.4, -0.2) is 37.3 Å². The maximum atomic E-state index is 12.9. The van der Waals surface area contributed by atoms with Crippen molar-refractivity contribution in [1.29, 1.82) is 0 Å². The van der Waals surface area contributed by atoms with Crippen LogP contribution >= 0.6 is 11.3 Å². The van der Waals surface area contributed by atoms with Gasteiger partial charge in [-0.15, -0.1) is 11.3 Å². The zero-order valence-electron chi connectivity index (χ0n) is 18.6. The minimum Gasteiger partial charge on any atom is -0.469 e. The third kappa shape index (κ3) is 6.46. The van der Waals surface area contributed by atoms with Gasteiger partial charge in [-0.05, 0) is 57.0 Å². The van der Waals surface area contributed by atoms with E-state index in [4.69, 9.17) is 14.2 Å². The van der Waals surface area contributed by atoms with Crippen LogP contribution in [0.1, 0.15) is 59.8 Å². The summed E-state index contributed by atoms with van der Waals surface area (Å²) in [4.78, 5) is 38.2. The molecule has 1 N–H and O–H groups in total. The number of rotatable bonds is 8. The normalized spacial score (nSPS) is 13.4. The van der Waals surface area contributed by atoms with Crippen LogP contribution in [0.2, 0.25) is 0 Å². The predicted molar refractivity (Wildman–Crippen MR) is 118 cm³/mol. The molecule has 1 atom stereocenters. The zero-order valence-corrected chi connectivity index (χ0v) is 19.4. The summed E-state index contributed by atoms with van der Waals surface area (Å²) in [5.74, 6) is 0.136. The second-order valence-corrected chi connectivity index (χ2v) is 9.44. The number of amides is 1. The molecule has 32 heavy (non-hydrogen) atoms. The van der Waals surface area contributed by atoms with Crippen molar-refractivity contribution in [2.45, 2.75) is 51.7 Å². The van der Waals surface area contributed by atoms with E-state index in [1.807, 2.05) is 6.07 Å². The third-order valence-corrected chi connectivity index (χ3v) is 5.73. The summed E-state index contributed by atoms with van der Waals surface area (Å²) in [6.45, 7) is 5.51. The number of methoxy groups -OCH3 is 1. The van der Waals surface area contributed by atoms with Crippen molar-refractivity contribution in [3.05, 3.63) is 45.6 Å². The molecule has 3 rings (SSSR count). The first kappa shape index (κ1) is 23.6. The molecule has 1 aromatic heterocycles. The molecule has 0 saturated carbocycles.